The second-order valence-electron chi connectivity index (χ2n) is 3.47. The summed E-state index contributed by atoms with van der Waals surface area (Å²) in [7, 11) is 0. The minimum Gasteiger partial charge on any atom is -0.467 e. The van der Waals surface area contributed by atoms with Crippen molar-refractivity contribution in [2.24, 2.45) is 0 Å². The molecule has 0 spiro atoms. The molecule has 1 N–H and O–H groups in total. The first-order valence-corrected chi connectivity index (χ1v) is 5.31. The number of hydrogen-bond donors (Lipinski definition) is 1. The molecule has 16 heavy (non-hydrogen) atoms. The van der Waals surface area contributed by atoms with E-state index in [1.807, 2.05) is 26.0 Å². The smallest absolute Gasteiger partial charge is 0.137 e. The highest BCUT2D eigenvalue weighted by Crippen LogP contribution is 2.20. The van der Waals surface area contributed by atoms with Crippen molar-refractivity contribution in [3.63, 3.8) is 0 Å². The molecule has 0 radical (unpaired) electrons. The first-order chi connectivity index (χ1) is 7.66. The largest absolute Gasteiger partial charge is 0.467 e. The van der Waals surface area contributed by atoms with Crippen molar-refractivity contribution >= 4 is 17.4 Å². The van der Waals surface area contributed by atoms with Gasteiger partial charge < -0.3 is 9.73 Å². The molecule has 0 aliphatic heterocycles. The van der Waals surface area contributed by atoms with Crippen LogP contribution in [-0.2, 0) is 6.54 Å². The second-order valence-corrected chi connectivity index (χ2v) is 3.83. The van der Waals surface area contributed by atoms with E-state index in [2.05, 4.69) is 15.3 Å². The Hall–Kier alpha value is -1.55. The number of furan rings is 1. The Morgan fingerprint density at radius 3 is 2.88 bits per heavy atom. The average molecular weight is 238 g/mol. The molecular formula is C11H12ClN3O. The van der Waals surface area contributed by atoms with Gasteiger partial charge in [-0.3, -0.25) is 0 Å². The minimum absolute atomic E-state index is 0.481. The number of hydrogen-bond acceptors (Lipinski definition) is 4. The van der Waals surface area contributed by atoms with Crippen LogP contribution >= 0.6 is 11.6 Å². The predicted octanol–water partition coefficient (Wildman–Crippen LogP) is 2.95. The quantitative estimate of drug-likeness (QED) is 0.834. The molecule has 5 heteroatoms. The fourth-order valence-electron chi connectivity index (χ4n) is 1.35. The molecule has 2 aromatic heterocycles. The van der Waals surface area contributed by atoms with E-state index in [1.165, 1.54) is 0 Å². The van der Waals surface area contributed by atoms with Crippen LogP contribution in [0.2, 0.25) is 5.15 Å². The van der Waals surface area contributed by atoms with Crippen LogP contribution in [-0.4, -0.2) is 9.97 Å². The van der Waals surface area contributed by atoms with E-state index in [9.17, 15) is 0 Å². The van der Waals surface area contributed by atoms with Gasteiger partial charge in [0.1, 0.15) is 22.6 Å². The number of aryl methyl sites for hydroxylation is 1. The lowest BCUT2D eigenvalue weighted by Crippen LogP contribution is -2.05. The summed E-state index contributed by atoms with van der Waals surface area (Å²) in [4.78, 5) is 8.35. The van der Waals surface area contributed by atoms with Crippen LogP contribution in [0.5, 0.6) is 0 Å². The van der Waals surface area contributed by atoms with Crippen molar-refractivity contribution in [1.82, 2.24) is 9.97 Å². The Kier molecular flexibility index (Phi) is 3.10. The summed E-state index contributed by atoms with van der Waals surface area (Å²) in [6.07, 6.45) is 1.64. The lowest BCUT2D eigenvalue weighted by atomic mass is 10.3. The summed E-state index contributed by atoms with van der Waals surface area (Å²) in [5.41, 5.74) is 0.846. The zero-order chi connectivity index (χ0) is 11.5. The summed E-state index contributed by atoms with van der Waals surface area (Å²) in [5, 5.41) is 3.65. The number of aromatic nitrogens is 2. The number of nitrogens with one attached hydrogen (secondary N) is 1. The third-order valence-corrected chi connectivity index (χ3v) is 2.58. The molecule has 0 aliphatic rings. The molecule has 0 saturated carbocycles. The molecule has 0 unspecified atom stereocenters. The number of halogens is 1. The third kappa shape index (κ3) is 2.33. The van der Waals surface area contributed by atoms with Gasteiger partial charge in [-0.1, -0.05) is 11.6 Å². The molecule has 4 nitrogen and oxygen atoms in total. The highest BCUT2D eigenvalue weighted by atomic mass is 35.5. The fourth-order valence-corrected chi connectivity index (χ4v) is 1.56. The molecule has 0 amide bonds. The van der Waals surface area contributed by atoms with Crippen molar-refractivity contribution in [3.05, 3.63) is 40.7 Å². The van der Waals surface area contributed by atoms with E-state index in [-0.39, 0.29) is 0 Å². The minimum atomic E-state index is 0.481. The topological polar surface area (TPSA) is 51.0 Å². The highest BCUT2D eigenvalue weighted by Gasteiger charge is 2.07. The molecule has 0 aromatic carbocycles. The summed E-state index contributed by atoms with van der Waals surface area (Å²) in [5.74, 6) is 2.25. The van der Waals surface area contributed by atoms with Gasteiger partial charge in [0, 0.05) is 5.56 Å². The van der Waals surface area contributed by atoms with Crippen LogP contribution in [0.15, 0.2) is 22.8 Å². The Morgan fingerprint density at radius 2 is 2.19 bits per heavy atom. The molecule has 2 heterocycles. The maximum Gasteiger partial charge on any atom is 0.137 e. The molecule has 0 atom stereocenters. The summed E-state index contributed by atoms with van der Waals surface area (Å²) >= 11 is 5.97. The van der Waals surface area contributed by atoms with E-state index >= 15 is 0 Å². The van der Waals surface area contributed by atoms with Crippen molar-refractivity contribution in [1.29, 1.82) is 0 Å². The van der Waals surface area contributed by atoms with Gasteiger partial charge in [-0.15, -0.1) is 0 Å². The second kappa shape index (κ2) is 4.53. The van der Waals surface area contributed by atoms with Crippen molar-refractivity contribution in [2.45, 2.75) is 20.4 Å². The fraction of sp³-hybridized carbons (Fsp3) is 0.273. The van der Waals surface area contributed by atoms with Gasteiger partial charge in [-0.2, -0.15) is 0 Å². The Bertz CT molecular complexity index is 482. The van der Waals surface area contributed by atoms with Crippen molar-refractivity contribution in [2.75, 3.05) is 5.32 Å². The van der Waals surface area contributed by atoms with Gasteiger partial charge in [-0.05, 0) is 26.0 Å². The van der Waals surface area contributed by atoms with Gasteiger partial charge in [0.05, 0.1) is 12.8 Å². The first-order valence-electron chi connectivity index (χ1n) is 4.94. The monoisotopic (exact) mass is 237 g/mol. The van der Waals surface area contributed by atoms with Crippen LogP contribution in [0, 0.1) is 13.8 Å². The van der Waals surface area contributed by atoms with E-state index in [0.717, 1.165) is 17.1 Å². The Balaban J connectivity index is 2.15. The molecule has 2 rings (SSSR count). The van der Waals surface area contributed by atoms with Gasteiger partial charge in [0.25, 0.3) is 0 Å². The standard InChI is InChI=1S/C11H12ClN3O/c1-7-10(12)14-8(2)15-11(7)13-6-9-4-3-5-16-9/h3-5H,6H2,1-2H3,(H,13,14,15). The Morgan fingerprint density at radius 1 is 1.38 bits per heavy atom. The molecule has 0 bridgehead atoms. The lowest BCUT2D eigenvalue weighted by Gasteiger charge is -2.08. The average Bonchev–Trinajstić information content (AvgIpc) is 2.74. The van der Waals surface area contributed by atoms with Crippen LogP contribution in [0.3, 0.4) is 0 Å². The first kappa shape index (κ1) is 11.0. The summed E-state index contributed by atoms with van der Waals surface area (Å²) < 4.78 is 5.22. The van der Waals surface area contributed by atoms with Crippen LogP contribution in [0.1, 0.15) is 17.1 Å². The zero-order valence-electron chi connectivity index (χ0n) is 9.12. The highest BCUT2D eigenvalue weighted by molar-refractivity contribution is 6.30. The van der Waals surface area contributed by atoms with Crippen molar-refractivity contribution in [3.8, 4) is 0 Å². The SMILES string of the molecule is Cc1nc(Cl)c(C)c(NCc2ccco2)n1. The van der Waals surface area contributed by atoms with Gasteiger partial charge in [0.2, 0.25) is 0 Å². The van der Waals surface area contributed by atoms with Gasteiger partial charge in [-0.25, -0.2) is 9.97 Å². The van der Waals surface area contributed by atoms with Crippen LogP contribution in [0.4, 0.5) is 5.82 Å². The molecule has 0 aliphatic carbocycles. The molecular weight excluding hydrogens is 226 g/mol. The number of rotatable bonds is 3. The van der Waals surface area contributed by atoms with Crippen LogP contribution < -0.4 is 5.32 Å². The van der Waals surface area contributed by atoms with E-state index < -0.39 is 0 Å². The maximum atomic E-state index is 5.97. The van der Waals surface area contributed by atoms with E-state index in [0.29, 0.717) is 17.5 Å². The van der Waals surface area contributed by atoms with Gasteiger partial charge >= 0.3 is 0 Å². The molecule has 0 saturated heterocycles. The normalized spacial score (nSPS) is 10.4. The number of anilines is 1. The van der Waals surface area contributed by atoms with Crippen molar-refractivity contribution < 1.29 is 4.42 Å². The van der Waals surface area contributed by atoms with E-state index in [4.69, 9.17) is 16.0 Å². The third-order valence-electron chi connectivity index (χ3n) is 2.21. The summed E-state index contributed by atoms with van der Waals surface area (Å²) in [6, 6.07) is 3.75. The molecule has 84 valence electrons. The zero-order valence-corrected chi connectivity index (χ0v) is 9.88. The van der Waals surface area contributed by atoms with Crippen LogP contribution in [0.25, 0.3) is 0 Å². The molecule has 2 aromatic rings. The predicted molar refractivity (Wildman–Crippen MR) is 62.6 cm³/mol. The maximum absolute atomic E-state index is 5.97. The summed E-state index contributed by atoms with van der Waals surface area (Å²) in [6.45, 7) is 4.27. The van der Waals surface area contributed by atoms with Gasteiger partial charge in [0.15, 0.2) is 0 Å². The molecule has 0 fully saturated rings. The Labute approximate surface area is 98.7 Å². The lowest BCUT2D eigenvalue weighted by molar-refractivity contribution is 0.517. The van der Waals surface area contributed by atoms with E-state index in [1.54, 1.807) is 6.26 Å². The number of nitrogens with zero attached hydrogens (tertiary/aromatic N) is 2.